The topological polar surface area (TPSA) is 72.4 Å². The highest BCUT2D eigenvalue weighted by atomic mass is 16.5. The molecule has 0 bridgehead atoms. The van der Waals surface area contributed by atoms with Crippen LogP contribution in [-0.2, 0) is 6.42 Å². The van der Waals surface area contributed by atoms with Crippen molar-refractivity contribution in [2.75, 3.05) is 4.90 Å². The Labute approximate surface area is 155 Å². The smallest absolute Gasteiger partial charge is 0.259 e. The van der Waals surface area contributed by atoms with E-state index in [-0.39, 0.29) is 11.9 Å². The van der Waals surface area contributed by atoms with E-state index in [9.17, 15) is 4.79 Å². The molecule has 0 N–H and O–H groups in total. The van der Waals surface area contributed by atoms with Crippen molar-refractivity contribution in [3.63, 3.8) is 0 Å². The van der Waals surface area contributed by atoms with E-state index >= 15 is 0 Å². The summed E-state index contributed by atoms with van der Waals surface area (Å²) in [5.41, 5.74) is 4.18. The van der Waals surface area contributed by atoms with Crippen molar-refractivity contribution in [2.24, 2.45) is 0 Å². The first kappa shape index (κ1) is 15.8. The van der Waals surface area contributed by atoms with Crippen molar-refractivity contribution < 1.29 is 13.7 Å². The summed E-state index contributed by atoms with van der Waals surface area (Å²) in [4.78, 5) is 19.9. The summed E-state index contributed by atoms with van der Waals surface area (Å²) in [7, 11) is 0. The first-order chi connectivity index (χ1) is 13.1. The molecule has 27 heavy (non-hydrogen) atoms. The molecule has 0 saturated heterocycles. The molecule has 1 aliphatic heterocycles. The van der Waals surface area contributed by atoms with Gasteiger partial charge in [-0.2, -0.15) is 0 Å². The average molecular weight is 359 g/mol. The Hall–Kier alpha value is -3.41. The van der Waals surface area contributed by atoms with E-state index in [2.05, 4.69) is 23.1 Å². The van der Waals surface area contributed by atoms with Gasteiger partial charge in [0.05, 0.1) is 22.9 Å². The average Bonchev–Trinajstić information content (AvgIpc) is 3.39. The molecule has 3 aromatic heterocycles. The van der Waals surface area contributed by atoms with Crippen LogP contribution in [0.25, 0.3) is 22.6 Å². The van der Waals surface area contributed by atoms with Crippen LogP contribution in [0.5, 0.6) is 0 Å². The van der Waals surface area contributed by atoms with Gasteiger partial charge in [0.15, 0.2) is 5.76 Å². The molecule has 1 aromatic carbocycles. The normalized spacial score (nSPS) is 16.1. The Balaban J connectivity index is 1.70. The van der Waals surface area contributed by atoms with E-state index in [1.165, 1.54) is 5.56 Å². The molecule has 0 fully saturated rings. The van der Waals surface area contributed by atoms with Gasteiger partial charge in [0, 0.05) is 11.7 Å². The number of hydrogen-bond acceptors (Lipinski definition) is 5. The van der Waals surface area contributed by atoms with Crippen LogP contribution in [0.2, 0.25) is 0 Å². The summed E-state index contributed by atoms with van der Waals surface area (Å²) >= 11 is 0. The van der Waals surface area contributed by atoms with Crippen molar-refractivity contribution in [3.8, 4) is 11.5 Å². The Morgan fingerprint density at radius 3 is 2.89 bits per heavy atom. The highest BCUT2D eigenvalue weighted by molar-refractivity contribution is 6.15. The fraction of sp³-hybridized carbons (Fsp3) is 0.190. The molecule has 4 aromatic rings. The number of carbonyl (C=O) groups is 1. The molecule has 0 aliphatic carbocycles. The van der Waals surface area contributed by atoms with Gasteiger partial charge < -0.3 is 13.8 Å². The fourth-order valence-corrected chi connectivity index (χ4v) is 3.82. The van der Waals surface area contributed by atoms with Gasteiger partial charge in [-0.05, 0) is 50.1 Å². The van der Waals surface area contributed by atoms with E-state index < -0.39 is 0 Å². The summed E-state index contributed by atoms with van der Waals surface area (Å²) in [6.07, 6.45) is 2.41. The summed E-state index contributed by atoms with van der Waals surface area (Å²) < 4.78 is 10.8. The molecule has 6 nitrogen and oxygen atoms in total. The Morgan fingerprint density at radius 2 is 2.07 bits per heavy atom. The van der Waals surface area contributed by atoms with Gasteiger partial charge in [-0.15, -0.1) is 0 Å². The predicted molar refractivity (Wildman–Crippen MR) is 101 cm³/mol. The Bertz CT molecular complexity index is 1160. The van der Waals surface area contributed by atoms with Crippen LogP contribution < -0.4 is 4.90 Å². The van der Waals surface area contributed by atoms with Gasteiger partial charge in [0.1, 0.15) is 5.69 Å². The maximum absolute atomic E-state index is 13.6. The Morgan fingerprint density at radius 1 is 1.22 bits per heavy atom. The largest absolute Gasteiger partial charge is 0.463 e. The zero-order valence-electron chi connectivity index (χ0n) is 15.0. The third-order valence-electron chi connectivity index (χ3n) is 5.05. The first-order valence-electron chi connectivity index (χ1n) is 8.86. The van der Waals surface area contributed by atoms with Crippen LogP contribution in [0.15, 0.2) is 57.7 Å². The number of aromatic nitrogens is 2. The second-order valence-corrected chi connectivity index (χ2v) is 6.84. The minimum atomic E-state index is -0.0843. The summed E-state index contributed by atoms with van der Waals surface area (Å²) in [6.45, 7) is 3.88. The predicted octanol–water partition coefficient (Wildman–Crippen LogP) is 4.38. The molecule has 0 radical (unpaired) electrons. The molecule has 4 heterocycles. The Kier molecular flexibility index (Phi) is 3.40. The minimum Gasteiger partial charge on any atom is -0.463 e. The molecule has 1 atom stereocenters. The number of furan rings is 1. The van der Waals surface area contributed by atoms with E-state index in [1.54, 1.807) is 24.5 Å². The van der Waals surface area contributed by atoms with E-state index in [4.69, 9.17) is 8.94 Å². The van der Waals surface area contributed by atoms with E-state index in [0.29, 0.717) is 33.8 Å². The van der Waals surface area contributed by atoms with Crippen molar-refractivity contribution in [1.29, 1.82) is 0 Å². The van der Waals surface area contributed by atoms with Crippen LogP contribution in [-0.4, -0.2) is 22.1 Å². The quantitative estimate of drug-likeness (QED) is 0.531. The molecule has 1 aliphatic rings. The number of aryl methyl sites for hydroxylation is 1. The lowest BCUT2D eigenvalue weighted by atomic mass is 10.1. The number of carbonyl (C=O) groups excluding carboxylic acids is 1. The molecule has 5 rings (SSSR count). The van der Waals surface area contributed by atoms with Gasteiger partial charge >= 0.3 is 0 Å². The highest BCUT2D eigenvalue weighted by Gasteiger charge is 2.33. The molecule has 1 amide bonds. The third kappa shape index (κ3) is 2.37. The number of hydrogen-bond donors (Lipinski definition) is 0. The third-order valence-corrected chi connectivity index (χ3v) is 5.05. The van der Waals surface area contributed by atoms with E-state index in [1.807, 2.05) is 30.0 Å². The van der Waals surface area contributed by atoms with Crippen molar-refractivity contribution in [1.82, 2.24) is 10.1 Å². The zero-order valence-corrected chi connectivity index (χ0v) is 15.0. The van der Waals surface area contributed by atoms with Crippen molar-refractivity contribution >= 4 is 22.7 Å². The summed E-state index contributed by atoms with van der Waals surface area (Å²) in [5.74, 6) is 0.494. The number of rotatable bonds is 2. The molecule has 1 unspecified atom stereocenters. The van der Waals surface area contributed by atoms with Crippen LogP contribution in [0.3, 0.4) is 0 Å². The standard InChI is InChI=1S/C21H17N3O3/c1-12-10-14-6-3-4-7-17(14)24(12)21(25)15-11-16(18-8-5-9-26-18)22-20-19(15)13(2)23-27-20/h3-9,11-12H,10H2,1-2H3. The van der Waals surface area contributed by atoms with Crippen LogP contribution in [0, 0.1) is 6.92 Å². The molecular formula is C21H17N3O3. The number of pyridine rings is 1. The van der Waals surface area contributed by atoms with Crippen LogP contribution >= 0.6 is 0 Å². The van der Waals surface area contributed by atoms with Gasteiger partial charge in [-0.1, -0.05) is 23.4 Å². The molecule has 0 saturated carbocycles. The first-order valence-corrected chi connectivity index (χ1v) is 8.86. The number of nitrogens with zero attached hydrogens (tertiary/aromatic N) is 3. The molecular weight excluding hydrogens is 342 g/mol. The molecule has 134 valence electrons. The second kappa shape index (κ2) is 5.81. The van der Waals surface area contributed by atoms with Crippen molar-refractivity contribution in [3.05, 3.63) is 65.5 Å². The molecule has 6 heteroatoms. The lowest BCUT2D eigenvalue weighted by Crippen LogP contribution is -2.35. The maximum atomic E-state index is 13.6. The monoisotopic (exact) mass is 359 g/mol. The van der Waals surface area contributed by atoms with Crippen molar-refractivity contribution in [2.45, 2.75) is 26.3 Å². The zero-order chi connectivity index (χ0) is 18.5. The number of fused-ring (bicyclic) bond motifs is 2. The number of para-hydroxylation sites is 1. The van der Waals surface area contributed by atoms with Crippen LogP contribution in [0.1, 0.15) is 28.5 Å². The molecule has 0 spiro atoms. The summed E-state index contributed by atoms with van der Waals surface area (Å²) in [6, 6.07) is 13.4. The fourth-order valence-electron chi connectivity index (χ4n) is 3.82. The highest BCUT2D eigenvalue weighted by Crippen LogP contribution is 2.35. The van der Waals surface area contributed by atoms with Gasteiger partial charge in [-0.3, -0.25) is 4.79 Å². The lowest BCUT2D eigenvalue weighted by molar-refractivity contribution is 0.0983. The number of amides is 1. The SMILES string of the molecule is Cc1noc2nc(-c3ccco3)cc(C(=O)N3c4ccccc4CC3C)c12. The number of benzene rings is 1. The lowest BCUT2D eigenvalue weighted by Gasteiger charge is -2.23. The summed E-state index contributed by atoms with van der Waals surface area (Å²) in [5, 5.41) is 4.66. The number of anilines is 1. The van der Waals surface area contributed by atoms with Gasteiger partial charge in [0.2, 0.25) is 0 Å². The maximum Gasteiger partial charge on any atom is 0.259 e. The van der Waals surface area contributed by atoms with Gasteiger partial charge in [-0.25, -0.2) is 4.98 Å². The van der Waals surface area contributed by atoms with Crippen LogP contribution in [0.4, 0.5) is 5.69 Å². The second-order valence-electron chi connectivity index (χ2n) is 6.84. The van der Waals surface area contributed by atoms with Gasteiger partial charge in [0.25, 0.3) is 11.6 Å². The minimum absolute atomic E-state index is 0.0744. The van der Waals surface area contributed by atoms with E-state index in [0.717, 1.165) is 12.1 Å².